The minimum Gasteiger partial charge on any atom is -0.540 e. The highest BCUT2D eigenvalue weighted by Crippen LogP contribution is 2.19. The van der Waals surface area contributed by atoms with Gasteiger partial charge in [0.05, 0.1) is 5.56 Å². The molecule has 108 valence electrons. The molecule has 0 atom stereocenters. The van der Waals surface area contributed by atoms with Crippen LogP contribution in [0.2, 0.25) is 0 Å². The predicted octanol–water partition coefficient (Wildman–Crippen LogP) is 2.28. The van der Waals surface area contributed by atoms with E-state index in [1.54, 1.807) is 18.2 Å². The normalized spacial score (nSPS) is 9.64. The van der Waals surface area contributed by atoms with Gasteiger partial charge in [0.2, 0.25) is 0 Å². The number of carbonyl (C=O) groups excluding carboxylic acids is 3. The zero-order valence-electron chi connectivity index (χ0n) is 11.2. The molecule has 2 rings (SSSR count). The fourth-order valence-electron chi connectivity index (χ4n) is 1.61. The van der Waals surface area contributed by atoms with Crippen LogP contribution in [0.3, 0.4) is 0 Å². The van der Waals surface area contributed by atoms with Crippen molar-refractivity contribution in [3.05, 3.63) is 65.7 Å². The van der Waals surface area contributed by atoms with Gasteiger partial charge in [0, 0.05) is 0 Å². The molecule has 0 fully saturated rings. The first-order valence-corrected chi connectivity index (χ1v) is 6.11. The molecule has 0 saturated heterocycles. The van der Waals surface area contributed by atoms with Crippen molar-refractivity contribution < 1.29 is 28.5 Å². The quantitative estimate of drug-likeness (QED) is 0.374. The van der Waals surface area contributed by atoms with Gasteiger partial charge in [-0.25, -0.2) is 14.4 Å². The maximum absolute atomic E-state index is 11.7. The summed E-state index contributed by atoms with van der Waals surface area (Å²) >= 11 is 0. The van der Waals surface area contributed by atoms with Crippen LogP contribution in [-0.2, 0) is 9.39 Å². The molecule has 6 nitrogen and oxygen atoms in total. The van der Waals surface area contributed by atoms with E-state index < -0.39 is 18.1 Å². The van der Waals surface area contributed by atoms with Crippen molar-refractivity contribution in [2.24, 2.45) is 0 Å². The van der Waals surface area contributed by atoms with E-state index in [4.69, 9.17) is 12.8 Å². The first-order valence-electron chi connectivity index (χ1n) is 6.11. The molecule has 0 bridgehead atoms. The van der Waals surface area contributed by atoms with E-state index in [9.17, 15) is 14.4 Å². The van der Waals surface area contributed by atoms with Crippen molar-refractivity contribution in [3.63, 3.8) is 0 Å². The fourth-order valence-corrected chi connectivity index (χ4v) is 1.61. The number of carbonyl (C=O) groups is 3. The maximum Gasteiger partial charge on any atom is 0.522 e. The second-order valence-corrected chi connectivity index (χ2v) is 4.01. The lowest BCUT2D eigenvalue weighted by Gasteiger charge is -2.08. The Morgan fingerprint density at radius 2 is 1.45 bits per heavy atom. The number of esters is 1. The summed E-state index contributed by atoms with van der Waals surface area (Å²) in [5.41, 5.74) is 0.114. The summed E-state index contributed by atoms with van der Waals surface area (Å²) < 4.78 is 13.4. The van der Waals surface area contributed by atoms with Gasteiger partial charge in [0.1, 0.15) is 11.3 Å². The Morgan fingerprint density at radius 1 is 0.818 bits per heavy atom. The fraction of sp³-hybridized carbons (Fsp3) is 0. The largest absolute Gasteiger partial charge is 0.540 e. The van der Waals surface area contributed by atoms with Crippen molar-refractivity contribution in [1.29, 1.82) is 0 Å². The van der Waals surface area contributed by atoms with E-state index >= 15 is 0 Å². The highest BCUT2D eigenvalue weighted by atomic mass is 16.7. The predicted molar refractivity (Wildman–Crippen MR) is 75.5 cm³/mol. The van der Waals surface area contributed by atoms with Crippen LogP contribution in [0.25, 0.3) is 0 Å². The van der Waals surface area contributed by atoms with Crippen LogP contribution in [0, 0.1) is 0 Å². The molecule has 0 N–H and O–H groups in total. The lowest BCUT2D eigenvalue weighted by atomic mass is 10.2. The second kappa shape index (κ2) is 7.08. The van der Waals surface area contributed by atoms with Gasteiger partial charge in [0.25, 0.3) is 0 Å². The Labute approximate surface area is 127 Å². The number of ether oxygens (including phenoxy) is 2. The highest BCUT2D eigenvalue weighted by molar-refractivity contribution is 6.10. The van der Waals surface area contributed by atoms with Crippen molar-refractivity contribution >= 4 is 26.1 Å². The van der Waals surface area contributed by atoms with Crippen LogP contribution >= 0.6 is 0 Å². The van der Waals surface area contributed by atoms with E-state index in [2.05, 4.69) is 9.39 Å². The van der Waals surface area contributed by atoms with Crippen molar-refractivity contribution in [2.45, 2.75) is 0 Å². The number of hydrogen-bond acceptors (Lipinski definition) is 6. The third-order valence-corrected chi connectivity index (χ3v) is 2.59. The number of rotatable bonds is 3. The molecular weight excluding hydrogens is 287 g/mol. The van der Waals surface area contributed by atoms with Crippen LogP contribution in [0.1, 0.15) is 20.7 Å². The summed E-state index contributed by atoms with van der Waals surface area (Å²) in [6.07, 6.45) is -1.27. The third-order valence-electron chi connectivity index (χ3n) is 2.59. The molecule has 0 unspecified atom stereocenters. The van der Waals surface area contributed by atoms with Crippen LogP contribution in [0.4, 0.5) is 4.79 Å². The van der Waals surface area contributed by atoms with Gasteiger partial charge < -0.3 is 14.1 Å². The summed E-state index contributed by atoms with van der Waals surface area (Å²) in [7, 11) is 4.79. The van der Waals surface area contributed by atoms with Gasteiger partial charge in [-0.05, 0) is 24.3 Å². The van der Waals surface area contributed by atoms with E-state index in [1.165, 1.54) is 36.4 Å². The standard InChI is InChI=1S/C15H9BO6/c16-22-14(18)11-8-4-5-9-12(11)20-15(19)21-13(17)10-6-2-1-3-7-10/h1-9H. The Bertz CT molecular complexity index is 698. The average Bonchev–Trinajstić information content (AvgIpc) is 2.55. The first-order chi connectivity index (χ1) is 10.6. The van der Waals surface area contributed by atoms with E-state index in [0.29, 0.717) is 0 Å². The van der Waals surface area contributed by atoms with Crippen molar-refractivity contribution in [3.8, 4) is 5.75 Å². The highest BCUT2D eigenvalue weighted by Gasteiger charge is 2.18. The maximum atomic E-state index is 11.7. The number of para-hydroxylation sites is 1. The molecule has 2 radical (unpaired) electrons. The zero-order valence-corrected chi connectivity index (χ0v) is 11.2. The van der Waals surface area contributed by atoms with E-state index in [1.807, 2.05) is 0 Å². The molecule has 7 heteroatoms. The Morgan fingerprint density at radius 3 is 2.14 bits per heavy atom. The van der Waals surface area contributed by atoms with Gasteiger partial charge in [0.15, 0.2) is 0 Å². The minimum atomic E-state index is -1.27. The van der Waals surface area contributed by atoms with E-state index in [-0.39, 0.29) is 16.9 Å². The third kappa shape index (κ3) is 3.72. The van der Waals surface area contributed by atoms with Crippen LogP contribution in [0.5, 0.6) is 5.75 Å². The van der Waals surface area contributed by atoms with Crippen LogP contribution < -0.4 is 4.74 Å². The van der Waals surface area contributed by atoms with Crippen LogP contribution in [0.15, 0.2) is 54.6 Å². The minimum absolute atomic E-state index is 0.0749. The molecule has 0 aliphatic carbocycles. The number of hydrogen-bond donors (Lipinski definition) is 0. The van der Waals surface area contributed by atoms with Gasteiger partial charge >= 0.3 is 26.1 Å². The molecule has 0 saturated carbocycles. The zero-order chi connectivity index (χ0) is 15.9. The summed E-state index contributed by atoms with van der Waals surface area (Å²) in [6.45, 7) is 0. The molecule has 0 aromatic heterocycles. The Kier molecular flexibility index (Phi) is 4.92. The molecule has 2 aromatic rings. The van der Waals surface area contributed by atoms with Gasteiger partial charge in [-0.1, -0.05) is 30.3 Å². The summed E-state index contributed by atoms with van der Waals surface area (Å²) in [6, 6.07) is 13.6. The van der Waals surface area contributed by atoms with Crippen molar-refractivity contribution in [1.82, 2.24) is 0 Å². The molecule has 0 aliphatic heterocycles. The Balaban J connectivity index is 2.07. The smallest absolute Gasteiger partial charge is 0.522 e. The molecule has 0 heterocycles. The molecule has 0 amide bonds. The van der Waals surface area contributed by atoms with Crippen LogP contribution in [-0.4, -0.2) is 26.1 Å². The lowest BCUT2D eigenvalue weighted by Crippen LogP contribution is -2.18. The molecule has 0 aliphatic rings. The first kappa shape index (κ1) is 15.3. The topological polar surface area (TPSA) is 78.9 Å². The average molecular weight is 296 g/mol. The van der Waals surface area contributed by atoms with E-state index in [0.717, 1.165) is 0 Å². The SMILES string of the molecule is [B]OC(=O)c1ccccc1OC(=O)OC(=O)c1ccccc1. The molecule has 0 spiro atoms. The molecule has 2 aromatic carbocycles. The molecule has 22 heavy (non-hydrogen) atoms. The summed E-state index contributed by atoms with van der Waals surface area (Å²) in [4.78, 5) is 34.7. The molecular formula is C15H9BO6. The van der Waals surface area contributed by atoms with Gasteiger partial charge in [-0.2, -0.15) is 0 Å². The summed E-state index contributed by atoms with van der Waals surface area (Å²) in [5.74, 6) is -1.90. The second-order valence-electron chi connectivity index (χ2n) is 4.01. The number of benzene rings is 2. The monoisotopic (exact) mass is 296 g/mol. The van der Waals surface area contributed by atoms with Gasteiger partial charge in [-0.15, -0.1) is 0 Å². The summed E-state index contributed by atoms with van der Waals surface area (Å²) in [5, 5.41) is 0. The lowest BCUT2D eigenvalue weighted by molar-refractivity contribution is 0.0529. The van der Waals surface area contributed by atoms with Gasteiger partial charge in [-0.3, -0.25) is 0 Å². The Hall–Kier alpha value is -3.09. The van der Waals surface area contributed by atoms with Crippen molar-refractivity contribution in [2.75, 3.05) is 0 Å².